The standard InChI is InChI=1S/C27H33FN4O5/c1-21(33)31-13-12-30(18-27(34,19-31)20-37-24-7-5-23(28)6-8-24)17-22-4-9-25(35-2)26(16-22)36-15-14-32-11-3-10-29-32/h3-11,16,34H,12-15,17-20H2,1-2H3. The van der Waals surface area contributed by atoms with Crippen LogP contribution in [0.2, 0.25) is 0 Å². The highest BCUT2D eigenvalue weighted by Gasteiger charge is 2.37. The fourth-order valence-electron chi connectivity index (χ4n) is 4.36. The van der Waals surface area contributed by atoms with Crippen LogP contribution >= 0.6 is 0 Å². The Hall–Kier alpha value is -3.63. The Balaban J connectivity index is 1.44. The lowest BCUT2D eigenvalue weighted by molar-refractivity contribution is -0.132. The van der Waals surface area contributed by atoms with Crippen LogP contribution in [0.25, 0.3) is 0 Å². The van der Waals surface area contributed by atoms with Crippen molar-refractivity contribution in [3.8, 4) is 17.2 Å². The first kappa shape index (κ1) is 26.4. The summed E-state index contributed by atoms with van der Waals surface area (Å²) in [6.45, 7) is 4.52. The van der Waals surface area contributed by atoms with Gasteiger partial charge in [0.1, 0.15) is 30.4 Å². The normalized spacial score (nSPS) is 18.3. The number of β-amino-alcohol motifs (C(OH)–C–C–N with tert-alkyl or cyclic N) is 1. The summed E-state index contributed by atoms with van der Waals surface area (Å²) in [4.78, 5) is 15.9. The number of carbonyl (C=O) groups excluding carboxylic acids is 1. The molecule has 4 rings (SSSR count). The maximum atomic E-state index is 13.2. The van der Waals surface area contributed by atoms with E-state index in [4.69, 9.17) is 14.2 Å². The molecule has 2 heterocycles. The van der Waals surface area contributed by atoms with E-state index in [1.165, 1.54) is 31.2 Å². The van der Waals surface area contributed by atoms with Gasteiger partial charge in [0.2, 0.25) is 5.91 Å². The molecule has 1 unspecified atom stereocenters. The van der Waals surface area contributed by atoms with Crippen molar-refractivity contribution in [3.05, 3.63) is 72.3 Å². The summed E-state index contributed by atoms with van der Waals surface area (Å²) in [5.41, 5.74) is -0.334. The second-order valence-corrected chi connectivity index (χ2v) is 9.22. The Morgan fingerprint density at radius 3 is 2.62 bits per heavy atom. The fourth-order valence-corrected chi connectivity index (χ4v) is 4.36. The van der Waals surface area contributed by atoms with Gasteiger partial charge >= 0.3 is 0 Å². The first-order chi connectivity index (χ1) is 17.8. The second kappa shape index (κ2) is 12.1. The third-order valence-electron chi connectivity index (χ3n) is 6.23. The largest absolute Gasteiger partial charge is 0.493 e. The van der Waals surface area contributed by atoms with E-state index in [2.05, 4.69) is 10.00 Å². The van der Waals surface area contributed by atoms with E-state index in [9.17, 15) is 14.3 Å². The predicted molar refractivity (Wildman–Crippen MR) is 135 cm³/mol. The lowest BCUT2D eigenvalue weighted by atomic mass is 10.0. The number of methoxy groups -OCH3 is 1. The number of hydrogen-bond donors (Lipinski definition) is 1. The molecule has 198 valence electrons. The Kier molecular flexibility index (Phi) is 8.62. The number of nitrogens with zero attached hydrogens (tertiary/aromatic N) is 4. The van der Waals surface area contributed by atoms with Crippen LogP contribution in [-0.2, 0) is 17.9 Å². The van der Waals surface area contributed by atoms with Crippen LogP contribution in [0.4, 0.5) is 4.39 Å². The van der Waals surface area contributed by atoms with E-state index in [1.807, 2.05) is 30.5 Å². The zero-order chi connectivity index (χ0) is 26.3. The highest BCUT2D eigenvalue weighted by atomic mass is 19.1. The molecule has 0 spiro atoms. The zero-order valence-electron chi connectivity index (χ0n) is 21.2. The van der Waals surface area contributed by atoms with Crippen LogP contribution in [0.3, 0.4) is 0 Å². The van der Waals surface area contributed by atoms with Crippen molar-refractivity contribution in [2.24, 2.45) is 0 Å². The molecule has 1 atom stereocenters. The molecule has 1 aromatic heterocycles. The predicted octanol–water partition coefficient (Wildman–Crippen LogP) is 2.58. The Labute approximate surface area is 216 Å². The number of ether oxygens (including phenoxy) is 3. The van der Waals surface area contributed by atoms with Gasteiger partial charge in [-0.2, -0.15) is 5.10 Å². The molecule has 0 radical (unpaired) electrons. The first-order valence-electron chi connectivity index (χ1n) is 12.2. The topological polar surface area (TPSA) is 89.3 Å². The highest BCUT2D eigenvalue weighted by molar-refractivity contribution is 5.73. The van der Waals surface area contributed by atoms with Crippen molar-refractivity contribution < 1.29 is 28.5 Å². The average molecular weight is 513 g/mol. The molecule has 1 N–H and O–H groups in total. The summed E-state index contributed by atoms with van der Waals surface area (Å²) < 4.78 is 32.3. The molecule has 10 heteroatoms. The lowest BCUT2D eigenvalue weighted by Crippen LogP contribution is -2.51. The summed E-state index contributed by atoms with van der Waals surface area (Å²) in [5, 5.41) is 15.7. The van der Waals surface area contributed by atoms with Crippen molar-refractivity contribution in [1.82, 2.24) is 19.6 Å². The number of rotatable bonds is 10. The molecule has 1 aliphatic rings. The van der Waals surface area contributed by atoms with Crippen LogP contribution < -0.4 is 14.2 Å². The monoisotopic (exact) mass is 512 g/mol. The van der Waals surface area contributed by atoms with Gasteiger partial charge in [-0.15, -0.1) is 0 Å². The molecule has 0 saturated carbocycles. The molecular formula is C27H33FN4O5. The third-order valence-corrected chi connectivity index (χ3v) is 6.23. The summed E-state index contributed by atoms with van der Waals surface area (Å²) in [6, 6.07) is 13.3. The van der Waals surface area contributed by atoms with E-state index in [1.54, 1.807) is 22.9 Å². The van der Waals surface area contributed by atoms with Gasteiger partial charge < -0.3 is 24.2 Å². The maximum Gasteiger partial charge on any atom is 0.219 e. The van der Waals surface area contributed by atoms with Crippen molar-refractivity contribution >= 4 is 5.91 Å². The smallest absolute Gasteiger partial charge is 0.219 e. The molecule has 9 nitrogen and oxygen atoms in total. The van der Waals surface area contributed by atoms with Crippen LogP contribution in [0, 0.1) is 5.82 Å². The van der Waals surface area contributed by atoms with Gasteiger partial charge in [-0.3, -0.25) is 14.4 Å². The van der Waals surface area contributed by atoms with Gasteiger partial charge in [-0.25, -0.2) is 4.39 Å². The number of carbonyl (C=O) groups is 1. The van der Waals surface area contributed by atoms with Gasteiger partial charge in [0.15, 0.2) is 11.5 Å². The second-order valence-electron chi connectivity index (χ2n) is 9.22. The lowest BCUT2D eigenvalue weighted by Gasteiger charge is -2.32. The zero-order valence-corrected chi connectivity index (χ0v) is 21.2. The summed E-state index contributed by atoms with van der Waals surface area (Å²) in [6.07, 6.45) is 3.60. The number of halogens is 1. The SMILES string of the molecule is COc1ccc(CN2CCN(C(C)=O)CC(O)(COc3ccc(F)cc3)C2)cc1OCCn1cccn1. The molecule has 0 bridgehead atoms. The molecule has 0 aliphatic carbocycles. The Bertz CT molecular complexity index is 1160. The van der Waals surface area contributed by atoms with E-state index in [0.29, 0.717) is 56.6 Å². The van der Waals surface area contributed by atoms with E-state index >= 15 is 0 Å². The van der Waals surface area contributed by atoms with Gasteiger partial charge in [0.05, 0.1) is 20.2 Å². The summed E-state index contributed by atoms with van der Waals surface area (Å²) in [7, 11) is 1.60. The third kappa shape index (κ3) is 7.43. The quantitative estimate of drug-likeness (QED) is 0.447. The van der Waals surface area contributed by atoms with E-state index in [0.717, 1.165) is 5.56 Å². The Morgan fingerprint density at radius 2 is 1.92 bits per heavy atom. The molecule has 1 fully saturated rings. The van der Waals surface area contributed by atoms with Crippen molar-refractivity contribution in [2.75, 3.05) is 46.5 Å². The minimum Gasteiger partial charge on any atom is -0.493 e. The number of benzene rings is 2. The highest BCUT2D eigenvalue weighted by Crippen LogP contribution is 2.29. The number of hydrogen-bond acceptors (Lipinski definition) is 7. The number of aliphatic hydroxyl groups is 1. The Morgan fingerprint density at radius 1 is 1.11 bits per heavy atom. The minimum absolute atomic E-state index is 0.0384. The molecule has 2 aromatic carbocycles. The molecule has 1 saturated heterocycles. The molecule has 3 aromatic rings. The van der Waals surface area contributed by atoms with Gasteiger partial charge in [-0.1, -0.05) is 6.07 Å². The van der Waals surface area contributed by atoms with Crippen LogP contribution in [-0.4, -0.2) is 82.7 Å². The minimum atomic E-state index is -1.31. The van der Waals surface area contributed by atoms with Gasteiger partial charge in [-0.05, 0) is 48.0 Å². The summed E-state index contributed by atoms with van der Waals surface area (Å²) in [5.74, 6) is 1.24. The summed E-state index contributed by atoms with van der Waals surface area (Å²) >= 11 is 0. The van der Waals surface area contributed by atoms with Gasteiger partial charge in [0.25, 0.3) is 0 Å². The average Bonchev–Trinajstić information content (AvgIpc) is 3.33. The fraction of sp³-hybridized carbons (Fsp3) is 0.407. The van der Waals surface area contributed by atoms with E-state index in [-0.39, 0.29) is 24.9 Å². The van der Waals surface area contributed by atoms with Crippen molar-refractivity contribution in [3.63, 3.8) is 0 Å². The number of aromatic nitrogens is 2. The molecule has 1 aliphatic heterocycles. The molecular weight excluding hydrogens is 479 g/mol. The maximum absolute atomic E-state index is 13.2. The van der Waals surface area contributed by atoms with Crippen LogP contribution in [0.15, 0.2) is 60.9 Å². The van der Waals surface area contributed by atoms with E-state index < -0.39 is 5.60 Å². The van der Waals surface area contributed by atoms with Crippen LogP contribution in [0.1, 0.15) is 12.5 Å². The molecule has 37 heavy (non-hydrogen) atoms. The first-order valence-corrected chi connectivity index (χ1v) is 12.2. The van der Waals surface area contributed by atoms with Crippen molar-refractivity contribution in [1.29, 1.82) is 0 Å². The molecule has 1 amide bonds. The van der Waals surface area contributed by atoms with Gasteiger partial charge in [0, 0.05) is 45.5 Å². The number of amides is 1. The van der Waals surface area contributed by atoms with Crippen LogP contribution in [0.5, 0.6) is 17.2 Å². The van der Waals surface area contributed by atoms with Crippen molar-refractivity contribution in [2.45, 2.75) is 25.6 Å².